The Labute approximate surface area is 192 Å². The molecule has 0 radical (unpaired) electrons. The van der Waals surface area contributed by atoms with Crippen molar-refractivity contribution in [3.05, 3.63) is 33.8 Å². The van der Waals surface area contributed by atoms with Gasteiger partial charge in [-0.3, -0.25) is 4.79 Å². The lowest BCUT2D eigenvalue weighted by molar-refractivity contribution is -0.142. The molecule has 31 heavy (non-hydrogen) atoms. The summed E-state index contributed by atoms with van der Waals surface area (Å²) >= 11 is 3.46. The number of alkyl carbamates (subject to hydrolysis) is 1. The van der Waals surface area contributed by atoms with Crippen LogP contribution in [-0.4, -0.2) is 41.3 Å². The second-order valence-corrected chi connectivity index (χ2v) is 10.1. The van der Waals surface area contributed by atoms with Crippen LogP contribution in [0.4, 0.5) is 4.79 Å². The predicted molar refractivity (Wildman–Crippen MR) is 122 cm³/mol. The molecule has 172 valence electrons. The molecule has 0 aliphatic heterocycles. The average molecular weight is 497 g/mol. The maximum absolute atomic E-state index is 12.7. The number of amides is 2. The second kappa shape index (κ2) is 11.0. The number of hydrogen-bond donors (Lipinski definition) is 3. The summed E-state index contributed by atoms with van der Waals surface area (Å²) in [6, 6.07) is 4.73. The molecule has 8 heteroatoms. The van der Waals surface area contributed by atoms with Gasteiger partial charge in [0.15, 0.2) is 0 Å². The van der Waals surface area contributed by atoms with Crippen LogP contribution in [0.3, 0.4) is 0 Å². The van der Waals surface area contributed by atoms with Crippen LogP contribution in [0.5, 0.6) is 0 Å². The Balaban J connectivity index is 1.81. The zero-order valence-electron chi connectivity index (χ0n) is 18.7. The number of hydrogen-bond acceptors (Lipinski definition) is 4. The number of benzene rings is 1. The van der Waals surface area contributed by atoms with E-state index in [1.807, 2.05) is 45.9 Å². The van der Waals surface area contributed by atoms with Crippen molar-refractivity contribution in [3.8, 4) is 0 Å². The van der Waals surface area contributed by atoms with Crippen LogP contribution in [0, 0.1) is 18.8 Å². The summed E-state index contributed by atoms with van der Waals surface area (Å²) < 4.78 is 6.16. The number of ether oxygens (including phenoxy) is 1. The molecule has 1 aliphatic rings. The van der Waals surface area contributed by atoms with E-state index in [2.05, 4.69) is 26.6 Å². The molecule has 1 aliphatic carbocycles. The van der Waals surface area contributed by atoms with Crippen molar-refractivity contribution in [3.63, 3.8) is 0 Å². The molecule has 2 rings (SSSR count). The van der Waals surface area contributed by atoms with Crippen LogP contribution in [0.25, 0.3) is 0 Å². The summed E-state index contributed by atoms with van der Waals surface area (Å²) in [5, 5.41) is 15.1. The van der Waals surface area contributed by atoms with Gasteiger partial charge < -0.3 is 20.5 Å². The number of carbonyl (C=O) groups is 3. The lowest BCUT2D eigenvalue weighted by Gasteiger charge is -2.29. The fraction of sp³-hybridized carbons (Fsp3) is 0.609. The number of aryl methyl sites for hydroxylation is 1. The Morgan fingerprint density at radius 1 is 1.19 bits per heavy atom. The highest BCUT2D eigenvalue weighted by atomic mass is 79.9. The minimum Gasteiger partial charge on any atom is -0.480 e. The summed E-state index contributed by atoms with van der Waals surface area (Å²) in [5.74, 6) is -1.17. The third-order valence-electron chi connectivity index (χ3n) is 5.44. The van der Waals surface area contributed by atoms with Crippen molar-refractivity contribution in [2.75, 3.05) is 6.54 Å². The molecule has 2 amide bonds. The number of aliphatic carboxylic acids is 1. The zero-order chi connectivity index (χ0) is 23.2. The molecule has 0 saturated heterocycles. The normalized spacial score (nSPS) is 19.9. The van der Waals surface area contributed by atoms with Crippen LogP contribution in [-0.2, 0) is 20.7 Å². The number of nitrogens with one attached hydrogen (secondary N) is 2. The molecule has 1 aromatic carbocycles. The summed E-state index contributed by atoms with van der Waals surface area (Å²) in [5.41, 5.74) is 1.38. The minimum absolute atomic E-state index is 0.204. The van der Waals surface area contributed by atoms with E-state index in [9.17, 15) is 19.5 Å². The highest BCUT2D eigenvalue weighted by Gasteiger charge is 2.30. The first kappa shape index (κ1) is 25.2. The van der Waals surface area contributed by atoms with Gasteiger partial charge in [-0.2, -0.15) is 0 Å². The fourth-order valence-electron chi connectivity index (χ4n) is 3.66. The lowest BCUT2D eigenvalue weighted by atomic mass is 9.81. The van der Waals surface area contributed by atoms with E-state index in [0.717, 1.165) is 28.4 Å². The first-order valence-corrected chi connectivity index (χ1v) is 11.5. The number of halogens is 1. The van der Waals surface area contributed by atoms with Gasteiger partial charge in [0.2, 0.25) is 5.91 Å². The van der Waals surface area contributed by atoms with Gasteiger partial charge in [0, 0.05) is 23.4 Å². The Hall–Kier alpha value is -2.09. The van der Waals surface area contributed by atoms with Crippen molar-refractivity contribution >= 4 is 33.9 Å². The van der Waals surface area contributed by atoms with E-state index >= 15 is 0 Å². The molecule has 0 spiro atoms. The van der Waals surface area contributed by atoms with Crippen molar-refractivity contribution < 1.29 is 24.2 Å². The highest BCUT2D eigenvalue weighted by molar-refractivity contribution is 9.10. The number of carbonyl (C=O) groups excluding carboxylic acids is 2. The molecule has 0 unspecified atom stereocenters. The summed E-state index contributed by atoms with van der Waals surface area (Å²) in [4.78, 5) is 36.2. The molecular weight excluding hydrogens is 464 g/mol. The van der Waals surface area contributed by atoms with Crippen molar-refractivity contribution in [2.24, 2.45) is 11.8 Å². The quantitative estimate of drug-likeness (QED) is 0.524. The number of carboxylic acid groups (broad SMARTS) is 1. The second-order valence-electron chi connectivity index (χ2n) is 9.29. The Bertz CT molecular complexity index is 798. The molecule has 1 fully saturated rings. The van der Waals surface area contributed by atoms with E-state index in [1.165, 1.54) is 0 Å². The van der Waals surface area contributed by atoms with Gasteiger partial charge in [-0.25, -0.2) is 9.59 Å². The number of rotatable bonds is 7. The molecule has 3 N–H and O–H groups in total. The van der Waals surface area contributed by atoms with Gasteiger partial charge >= 0.3 is 12.1 Å². The third-order valence-corrected chi connectivity index (χ3v) is 6.30. The first-order valence-electron chi connectivity index (χ1n) is 10.7. The van der Waals surface area contributed by atoms with Crippen LogP contribution in [0.15, 0.2) is 22.7 Å². The largest absolute Gasteiger partial charge is 0.480 e. The van der Waals surface area contributed by atoms with Crippen LogP contribution in [0.1, 0.15) is 57.6 Å². The fourth-order valence-corrected chi connectivity index (χ4v) is 4.09. The van der Waals surface area contributed by atoms with Gasteiger partial charge in [-0.15, -0.1) is 0 Å². The van der Waals surface area contributed by atoms with Gasteiger partial charge in [0.05, 0.1) is 0 Å². The molecule has 1 aromatic rings. The minimum atomic E-state index is -1.04. The number of carboxylic acids is 1. The van der Waals surface area contributed by atoms with Gasteiger partial charge in [0.25, 0.3) is 0 Å². The molecule has 1 atom stereocenters. The van der Waals surface area contributed by atoms with E-state index in [4.69, 9.17) is 4.74 Å². The van der Waals surface area contributed by atoms with Crippen molar-refractivity contribution in [2.45, 2.75) is 71.4 Å². The Morgan fingerprint density at radius 2 is 1.84 bits per heavy atom. The van der Waals surface area contributed by atoms with Crippen LogP contribution >= 0.6 is 15.9 Å². The summed E-state index contributed by atoms with van der Waals surface area (Å²) in [7, 11) is 0. The topological polar surface area (TPSA) is 105 Å². The van der Waals surface area contributed by atoms with E-state index < -0.39 is 23.7 Å². The summed E-state index contributed by atoms with van der Waals surface area (Å²) in [6.07, 6.45) is 2.76. The first-order chi connectivity index (χ1) is 14.4. The molecule has 0 aromatic heterocycles. The maximum atomic E-state index is 12.7. The SMILES string of the molecule is Cc1ccc(C[C@H](NC(=O)[C@H]2CC[C@H](CNC(=O)OC(C)(C)C)CC2)C(=O)O)cc1Br. The highest BCUT2D eigenvalue weighted by Crippen LogP contribution is 2.29. The molecule has 0 bridgehead atoms. The smallest absolute Gasteiger partial charge is 0.407 e. The standard InChI is InChI=1S/C23H33BrN2O5/c1-14-5-6-16(11-18(14)24)12-19(21(28)29)26-20(27)17-9-7-15(8-10-17)13-25-22(30)31-23(2,3)4/h5-6,11,15,17,19H,7-10,12-13H2,1-4H3,(H,25,30)(H,26,27)(H,28,29)/t15-,17-,19-/m0/s1. The summed E-state index contributed by atoms with van der Waals surface area (Å²) in [6.45, 7) is 7.93. The van der Waals surface area contributed by atoms with Crippen LogP contribution in [0.2, 0.25) is 0 Å². The lowest BCUT2D eigenvalue weighted by Crippen LogP contribution is -2.46. The van der Waals surface area contributed by atoms with Crippen LogP contribution < -0.4 is 10.6 Å². The monoisotopic (exact) mass is 496 g/mol. The molecular formula is C23H33BrN2O5. The van der Waals surface area contributed by atoms with E-state index in [-0.39, 0.29) is 24.2 Å². The molecule has 1 saturated carbocycles. The van der Waals surface area contributed by atoms with Crippen molar-refractivity contribution in [1.29, 1.82) is 0 Å². The maximum Gasteiger partial charge on any atom is 0.407 e. The Morgan fingerprint density at radius 3 is 2.39 bits per heavy atom. The van der Waals surface area contributed by atoms with Crippen molar-refractivity contribution in [1.82, 2.24) is 10.6 Å². The zero-order valence-corrected chi connectivity index (χ0v) is 20.3. The van der Waals surface area contributed by atoms with E-state index in [1.54, 1.807) is 0 Å². The van der Waals surface area contributed by atoms with Gasteiger partial charge in [0.1, 0.15) is 11.6 Å². The van der Waals surface area contributed by atoms with E-state index in [0.29, 0.717) is 19.4 Å². The Kier molecular flexibility index (Phi) is 8.91. The molecule has 0 heterocycles. The van der Waals surface area contributed by atoms with Gasteiger partial charge in [-0.05, 0) is 76.5 Å². The van der Waals surface area contributed by atoms with Gasteiger partial charge in [-0.1, -0.05) is 28.1 Å². The average Bonchev–Trinajstić information content (AvgIpc) is 2.67. The third kappa shape index (κ3) is 8.51. The molecule has 7 nitrogen and oxygen atoms in total. The predicted octanol–water partition coefficient (Wildman–Crippen LogP) is 4.20.